The zero-order valence-electron chi connectivity index (χ0n) is 8.64. The van der Waals surface area contributed by atoms with E-state index < -0.39 is 0 Å². The van der Waals surface area contributed by atoms with E-state index in [1.165, 1.54) is 0 Å². The lowest BCUT2D eigenvalue weighted by molar-refractivity contribution is 0.0732. The van der Waals surface area contributed by atoms with Crippen molar-refractivity contribution in [1.82, 2.24) is 15.1 Å². The molecule has 1 unspecified atom stereocenters. The van der Waals surface area contributed by atoms with Gasteiger partial charge in [0.2, 0.25) is 10.1 Å². The molecule has 2 N–H and O–H groups in total. The first-order chi connectivity index (χ1) is 7.22. The van der Waals surface area contributed by atoms with Crippen LogP contribution < -0.4 is 5.73 Å². The molecule has 82 valence electrons. The molecule has 2 heterocycles. The van der Waals surface area contributed by atoms with Crippen LogP contribution in [0.3, 0.4) is 0 Å². The van der Waals surface area contributed by atoms with Gasteiger partial charge in [-0.15, -0.1) is 10.2 Å². The number of amides is 1. The Kier molecular flexibility index (Phi) is 2.86. The number of rotatable bonds is 2. The predicted octanol–water partition coefficient (Wildman–Crippen LogP) is 1.13. The Balaban J connectivity index is 2.13. The van der Waals surface area contributed by atoms with Gasteiger partial charge in [0, 0.05) is 12.6 Å². The number of hydrogen-bond acceptors (Lipinski definition) is 5. The van der Waals surface area contributed by atoms with Gasteiger partial charge in [-0.05, 0) is 19.3 Å². The molecule has 1 amide bonds. The van der Waals surface area contributed by atoms with Crippen molar-refractivity contribution in [3.05, 3.63) is 5.01 Å². The third-order valence-corrected chi connectivity index (χ3v) is 3.47. The summed E-state index contributed by atoms with van der Waals surface area (Å²) in [5, 5.41) is 8.20. The van der Waals surface area contributed by atoms with Gasteiger partial charge in [0.25, 0.3) is 5.91 Å². The van der Waals surface area contributed by atoms with Gasteiger partial charge in [-0.2, -0.15) is 0 Å². The van der Waals surface area contributed by atoms with Crippen LogP contribution in [-0.2, 0) is 0 Å². The number of likely N-dealkylation sites (tertiary alicyclic amines) is 1. The van der Waals surface area contributed by atoms with Gasteiger partial charge in [-0.3, -0.25) is 4.79 Å². The summed E-state index contributed by atoms with van der Waals surface area (Å²) in [4.78, 5) is 13.9. The Labute approximate surface area is 92.3 Å². The number of carbonyl (C=O) groups excluding carboxylic acids is 1. The highest BCUT2D eigenvalue weighted by Gasteiger charge is 2.29. The van der Waals surface area contributed by atoms with Crippen molar-refractivity contribution in [1.29, 1.82) is 0 Å². The topological polar surface area (TPSA) is 72.1 Å². The normalized spacial score (nSPS) is 20.9. The molecule has 2 rings (SSSR count). The van der Waals surface area contributed by atoms with E-state index in [0.29, 0.717) is 16.2 Å². The van der Waals surface area contributed by atoms with Gasteiger partial charge in [0.1, 0.15) is 0 Å². The molecule has 1 aromatic heterocycles. The Hall–Kier alpha value is -1.17. The second-order valence-corrected chi connectivity index (χ2v) is 4.66. The lowest BCUT2D eigenvalue weighted by atomic mass is 10.2. The minimum atomic E-state index is -0.0199. The van der Waals surface area contributed by atoms with Crippen molar-refractivity contribution in [3.8, 4) is 0 Å². The first-order valence-corrected chi connectivity index (χ1v) is 5.94. The van der Waals surface area contributed by atoms with E-state index in [-0.39, 0.29) is 5.91 Å². The molecule has 1 fully saturated rings. The van der Waals surface area contributed by atoms with Crippen LogP contribution in [-0.4, -0.2) is 33.6 Å². The van der Waals surface area contributed by atoms with Crippen molar-refractivity contribution in [2.45, 2.75) is 32.2 Å². The standard InChI is InChI=1S/C9H14N4OS/c1-2-6-4-3-5-13(6)8(14)7-11-12-9(10)15-7/h6H,2-5H2,1H3,(H2,10,12). The summed E-state index contributed by atoms with van der Waals surface area (Å²) in [7, 11) is 0. The largest absolute Gasteiger partial charge is 0.374 e. The van der Waals surface area contributed by atoms with Gasteiger partial charge in [0.15, 0.2) is 0 Å². The highest BCUT2D eigenvalue weighted by molar-refractivity contribution is 7.16. The van der Waals surface area contributed by atoms with E-state index in [9.17, 15) is 4.79 Å². The van der Waals surface area contributed by atoms with Crippen molar-refractivity contribution in [3.63, 3.8) is 0 Å². The van der Waals surface area contributed by atoms with E-state index in [4.69, 9.17) is 5.73 Å². The molecular formula is C9H14N4OS. The highest BCUT2D eigenvalue weighted by Crippen LogP contribution is 2.23. The van der Waals surface area contributed by atoms with Crippen LogP contribution in [0.4, 0.5) is 5.13 Å². The summed E-state index contributed by atoms with van der Waals surface area (Å²) in [5.74, 6) is -0.0199. The average Bonchev–Trinajstić information content (AvgIpc) is 2.84. The van der Waals surface area contributed by atoms with E-state index in [1.54, 1.807) is 0 Å². The molecule has 1 aliphatic heterocycles. The Morgan fingerprint density at radius 3 is 3.07 bits per heavy atom. The number of nitrogen functional groups attached to an aromatic ring is 1. The van der Waals surface area contributed by atoms with E-state index in [2.05, 4.69) is 17.1 Å². The van der Waals surface area contributed by atoms with Crippen molar-refractivity contribution >= 4 is 22.4 Å². The van der Waals surface area contributed by atoms with Gasteiger partial charge >= 0.3 is 0 Å². The molecular weight excluding hydrogens is 212 g/mol. The fourth-order valence-electron chi connectivity index (χ4n) is 1.97. The quantitative estimate of drug-likeness (QED) is 0.820. The molecule has 0 aliphatic carbocycles. The molecule has 1 aliphatic rings. The number of aromatic nitrogens is 2. The van der Waals surface area contributed by atoms with E-state index in [0.717, 1.165) is 37.1 Å². The molecule has 0 bridgehead atoms. The zero-order chi connectivity index (χ0) is 10.8. The summed E-state index contributed by atoms with van der Waals surface area (Å²) in [5.41, 5.74) is 5.46. The van der Waals surface area contributed by atoms with Crippen LogP contribution in [0.1, 0.15) is 36.0 Å². The van der Waals surface area contributed by atoms with Crippen LogP contribution in [0.5, 0.6) is 0 Å². The predicted molar refractivity (Wildman–Crippen MR) is 58.7 cm³/mol. The molecule has 0 radical (unpaired) electrons. The zero-order valence-corrected chi connectivity index (χ0v) is 9.46. The number of anilines is 1. The van der Waals surface area contributed by atoms with E-state index >= 15 is 0 Å². The maximum Gasteiger partial charge on any atom is 0.285 e. The first kappa shape index (κ1) is 10.4. The fourth-order valence-corrected chi connectivity index (χ4v) is 2.54. The third kappa shape index (κ3) is 1.94. The number of nitrogens with two attached hydrogens (primary N) is 1. The lowest BCUT2D eigenvalue weighted by Crippen LogP contribution is -2.35. The summed E-state index contributed by atoms with van der Waals surface area (Å²) >= 11 is 1.16. The van der Waals surface area contributed by atoms with Crippen molar-refractivity contribution in [2.24, 2.45) is 0 Å². The smallest absolute Gasteiger partial charge is 0.285 e. The molecule has 0 aromatic carbocycles. The van der Waals surface area contributed by atoms with Gasteiger partial charge in [-0.1, -0.05) is 18.3 Å². The van der Waals surface area contributed by atoms with Crippen molar-refractivity contribution < 1.29 is 4.79 Å². The Morgan fingerprint density at radius 2 is 2.47 bits per heavy atom. The molecule has 0 spiro atoms. The van der Waals surface area contributed by atoms with Crippen LogP contribution in [0.15, 0.2) is 0 Å². The monoisotopic (exact) mass is 226 g/mol. The minimum Gasteiger partial charge on any atom is -0.374 e. The molecule has 15 heavy (non-hydrogen) atoms. The van der Waals surface area contributed by atoms with Crippen LogP contribution in [0.2, 0.25) is 0 Å². The van der Waals surface area contributed by atoms with Crippen LogP contribution in [0.25, 0.3) is 0 Å². The third-order valence-electron chi connectivity index (χ3n) is 2.73. The summed E-state index contributed by atoms with van der Waals surface area (Å²) in [6.45, 7) is 2.93. The molecule has 1 aromatic rings. The maximum absolute atomic E-state index is 12.0. The number of carbonyl (C=O) groups is 1. The molecule has 1 saturated heterocycles. The summed E-state index contributed by atoms with van der Waals surface area (Å²) < 4.78 is 0. The molecule has 1 atom stereocenters. The Bertz CT molecular complexity index is 365. The summed E-state index contributed by atoms with van der Waals surface area (Å²) in [6.07, 6.45) is 3.18. The first-order valence-electron chi connectivity index (χ1n) is 5.12. The van der Waals surface area contributed by atoms with Gasteiger partial charge < -0.3 is 10.6 Å². The van der Waals surface area contributed by atoms with Crippen LogP contribution >= 0.6 is 11.3 Å². The van der Waals surface area contributed by atoms with E-state index in [1.807, 2.05) is 4.90 Å². The highest BCUT2D eigenvalue weighted by atomic mass is 32.1. The minimum absolute atomic E-state index is 0.0199. The molecule has 5 nitrogen and oxygen atoms in total. The average molecular weight is 226 g/mol. The van der Waals surface area contributed by atoms with Crippen LogP contribution in [0, 0.1) is 0 Å². The second kappa shape index (κ2) is 4.14. The fraction of sp³-hybridized carbons (Fsp3) is 0.667. The maximum atomic E-state index is 12.0. The lowest BCUT2D eigenvalue weighted by Gasteiger charge is -2.21. The molecule has 0 saturated carbocycles. The molecule has 6 heteroatoms. The summed E-state index contributed by atoms with van der Waals surface area (Å²) in [6, 6.07) is 0.364. The SMILES string of the molecule is CCC1CCCN1C(=O)c1nnc(N)s1. The second-order valence-electron chi connectivity index (χ2n) is 3.65. The van der Waals surface area contributed by atoms with Crippen molar-refractivity contribution in [2.75, 3.05) is 12.3 Å². The van der Waals surface area contributed by atoms with Gasteiger partial charge in [0.05, 0.1) is 0 Å². The van der Waals surface area contributed by atoms with Gasteiger partial charge in [-0.25, -0.2) is 0 Å². The number of nitrogens with zero attached hydrogens (tertiary/aromatic N) is 3. The number of hydrogen-bond donors (Lipinski definition) is 1. The Morgan fingerprint density at radius 1 is 1.67 bits per heavy atom.